The average Bonchev–Trinajstić information content (AvgIpc) is 2.26. The predicted molar refractivity (Wildman–Crippen MR) is 73.0 cm³/mol. The van der Waals surface area contributed by atoms with Gasteiger partial charge in [0, 0.05) is 11.6 Å². The molecule has 0 aliphatic heterocycles. The van der Waals surface area contributed by atoms with Crippen LogP contribution in [0.1, 0.15) is 5.56 Å². The normalized spacial score (nSPS) is 10.1. The van der Waals surface area contributed by atoms with Gasteiger partial charge in [-0.3, -0.25) is 5.43 Å². The average molecular weight is 254 g/mol. The van der Waals surface area contributed by atoms with E-state index in [-0.39, 0.29) is 0 Å². The first kappa shape index (κ1) is 12.7. The van der Waals surface area contributed by atoms with Crippen molar-refractivity contribution in [3.63, 3.8) is 0 Å². The summed E-state index contributed by atoms with van der Waals surface area (Å²) in [6.07, 6.45) is 3.36. The highest BCUT2D eigenvalue weighted by Gasteiger charge is 1.91. The molecule has 0 bridgehead atoms. The molecule has 0 fully saturated rings. The highest BCUT2D eigenvalue weighted by Crippen LogP contribution is 2.08. The molecule has 3 nitrogen and oxygen atoms in total. The first-order valence-electron chi connectivity index (χ1n) is 4.66. The van der Waals surface area contributed by atoms with Gasteiger partial charge in [-0.2, -0.15) is 5.10 Å². The van der Waals surface area contributed by atoms with Gasteiger partial charge in [0.2, 0.25) is 0 Å². The molecule has 0 atom stereocenters. The first-order valence-corrected chi connectivity index (χ1v) is 5.44. The molecule has 0 aliphatic rings. The maximum atomic E-state index is 5.82. The van der Waals surface area contributed by atoms with Crippen LogP contribution in [0, 0.1) is 0 Å². The number of nitrogens with one attached hydrogen (secondary N) is 2. The largest absolute Gasteiger partial charge is 0.358 e. The van der Waals surface area contributed by atoms with Crippen molar-refractivity contribution in [3.05, 3.63) is 47.5 Å². The van der Waals surface area contributed by atoms with E-state index in [9.17, 15) is 0 Å². The van der Waals surface area contributed by atoms with Gasteiger partial charge >= 0.3 is 0 Å². The molecule has 0 heterocycles. The first-order chi connectivity index (χ1) is 7.72. The van der Waals surface area contributed by atoms with Gasteiger partial charge in [0.05, 0.1) is 6.21 Å². The molecular weight excluding hydrogens is 242 g/mol. The van der Waals surface area contributed by atoms with Crippen LogP contribution in [0.3, 0.4) is 0 Å². The number of benzene rings is 1. The van der Waals surface area contributed by atoms with Crippen molar-refractivity contribution in [2.45, 2.75) is 0 Å². The number of nitrogens with zero attached hydrogens (tertiary/aromatic N) is 1. The van der Waals surface area contributed by atoms with Crippen LogP contribution in [-0.4, -0.2) is 17.9 Å². The zero-order valence-electron chi connectivity index (χ0n) is 8.61. The third kappa shape index (κ3) is 4.91. The molecule has 0 aliphatic carbocycles. The Labute approximate surface area is 105 Å². The summed E-state index contributed by atoms with van der Waals surface area (Å²) in [7, 11) is 0. The fraction of sp³-hybridized carbons (Fsp3) is 0.0909. The van der Waals surface area contributed by atoms with Gasteiger partial charge < -0.3 is 5.32 Å². The van der Waals surface area contributed by atoms with E-state index in [4.69, 9.17) is 23.8 Å². The van der Waals surface area contributed by atoms with Gasteiger partial charge in [-0.25, -0.2) is 0 Å². The minimum Gasteiger partial charge on any atom is -0.358 e. The topological polar surface area (TPSA) is 36.4 Å². The van der Waals surface area contributed by atoms with Crippen molar-refractivity contribution in [1.29, 1.82) is 0 Å². The second-order valence-electron chi connectivity index (χ2n) is 2.92. The van der Waals surface area contributed by atoms with E-state index in [1.165, 1.54) is 0 Å². The Bertz CT molecular complexity index is 404. The summed E-state index contributed by atoms with van der Waals surface area (Å²) >= 11 is 10.8. The molecule has 0 unspecified atom stereocenters. The standard InChI is InChI=1S/C11H12ClN3S/c1-2-6-13-11(16)15-14-8-9-4-3-5-10(12)7-9/h2-5,7-8H,1,6H2,(H2,13,15,16)/b14-8-. The van der Waals surface area contributed by atoms with Gasteiger partial charge in [-0.15, -0.1) is 6.58 Å². The summed E-state index contributed by atoms with van der Waals surface area (Å²) in [4.78, 5) is 0. The van der Waals surface area contributed by atoms with Gasteiger partial charge in [-0.1, -0.05) is 29.8 Å². The highest BCUT2D eigenvalue weighted by atomic mass is 35.5. The zero-order chi connectivity index (χ0) is 11.8. The summed E-state index contributed by atoms with van der Waals surface area (Å²) in [6.45, 7) is 4.18. The Balaban J connectivity index is 2.42. The molecule has 1 aromatic rings. The fourth-order valence-corrected chi connectivity index (χ4v) is 1.29. The minimum absolute atomic E-state index is 0.457. The summed E-state index contributed by atoms with van der Waals surface area (Å²) in [5, 5.41) is 7.99. The fourth-order valence-electron chi connectivity index (χ4n) is 0.957. The summed E-state index contributed by atoms with van der Waals surface area (Å²) in [6, 6.07) is 7.38. The van der Waals surface area contributed by atoms with Crippen LogP contribution in [0.25, 0.3) is 0 Å². The van der Waals surface area contributed by atoms with Crippen LogP contribution in [0.2, 0.25) is 5.02 Å². The van der Waals surface area contributed by atoms with Gasteiger partial charge in [0.1, 0.15) is 0 Å². The van der Waals surface area contributed by atoms with Crippen molar-refractivity contribution in [3.8, 4) is 0 Å². The number of thiocarbonyl (C=S) groups is 1. The van der Waals surface area contributed by atoms with Crippen LogP contribution in [0.15, 0.2) is 42.0 Å². The zero-order valence-corrected chi connectivity index (χ0v) is 10.2. The Hall–Kier alpha value is -1.39. The molecule has 1 rings (SSSR count). The van der Waals surface area contributed by atoms with E-state index >= 15 is 0 Å². The monoisotopic (exact) mass is 253 g/mol. The Kier molecular flexibility index (Phi) is 5.53. The van der Waals surface area contributed by atoms with Gasteiger partial charge in [0.25, 0.3) is 0 Å². The lowest BCUT2D eigenvalue weighted by Gasteiger charge is -2.02. The molecule has 1 aromatic carbocycles. The number of rotatable bonds is 4. The highest BCUT2D eigenvalue weighted by molar-refractivity contribution is 7.80. The third-order valence-corrected chi connectivity index (χ3v) is 2.11. The predicted octanol–water partition coefficient (Wildman–Crippen LogP) is 2.32. The van der Waals surface area contributed by atoms with Crippen LogP contribution >= 0.6 is 23.8 Å². The molecule has 5 heteroatoms. The van der Waals surface area contributed by atoms with Gasteiger partial charge in [-0.05, 0) is 29.9 Å². The summed E-state index contributed by atoms with van der Waals surface area (Å²) < 4.78 is 0. The molecule has 2 N–H and O–H groups in total. The van der Waals surface area contributed by atoms with E-state index in [1.54, 1.807) is 12.3 Å². The summed E-state index contributed by atoms with van der Waals surface area (Å²) in [5.74, 6) is 0. The SMILES string of the molecule is C=CCNC(=S)N/N=C\c1cccc(Cl)c1. The molecule has 16 heavy (non-hydrogen) atoms. The number of hydrazone groups is 1. The molecule has 0 radical (unpaired) electrons. The van der Waals surface area contributed by atoms with Crippen LogP contribution in [-0.2, 0) is 0 Å². The Morgan fingerprint density at radius 3 is 3.06 bits per heavy atom. The number of hydrogen-bond acceptors (Lipinski definition) is 2. The quantitative estimate of drug-likeness (QED) is 0.374. The van der Waals surface area contributed by atoms with Crippen molar-refractivity contribution in [1.82, 2.24) is 10.7 Å². The second kappa shape index (κ2) is 6.98. The van der Waals surface area contributed by atoms with Crippen molar-refractivity contribution >= 4 is 35.1 Å². The van der Waals surface area contributed by atoms with Crippen LogP contribution < -0.4 is 10.7 Å². The summed E-state index contributed by atoms with van der Waals surface area (Å²) in [5.41, 5.74) is 3.59. The van der Waals surface area contributed by atoms with E-state index in [0.717, 1.165) is 5.56 Å². The van der Waals surface area contributed by atoms with E-state index in [2.05, 4.69) is 22.4 Å². The Morgan fingerprint density at radius 2 is 2.38 bits per heavy atom. The molecule has 0 spiro atoms. The maximum absolute atomic E-state index is 5.82. The minimum atomic E-state index is 0.457. The third-order valence-electron chi connectivity index (χ3n) is 1.64. The van der Waals surface area contributed by atoms with Gasteiger partial charge in [0.15, 0.2) is 5.11 Å². The Morgan fingerprint density at radius 1 is 1.56 bits per heavy atom. The van der Waals surface area contributed by atoms with Crippen LogP contribution in [0.4, 0.5) is 0 Å². The molecule has 0 amide bonds. The second-order valence-corrected chi connectivity index (χ2v) is 3.77. The lowest BCUT2D eigenvalue weighted by Crippen LogP contribution is -2.31. The lowest BCUT2D eigenvalue weighted by atomic mass is 10.2. The molecule has 84 valence electrons. The molecular formula is C11H12ClN3S. The van der Waals surface area contributed by atoms with E-state index in [0.29, 0.717) is 16.7 Å². The van der Waals surface area contributed by atoms with E-state index < -0.39 is 0 Å². The number of hydrogen-bond donors (Lipinski definition) is 2. The van der Waals surface area contributed by atoms with Crippen LogP contribution in [0.5, 0.6) is 0 Å². The molecule has 0 aromatic heterocycles. The maximum Gasteiger partial charge on any atom is 0.187 e. The molecule has 0 saturated carbocycles. The van der Waals surface area contributed by atoms with E-state index in [1.807, 2.05) is 24.3 Å². The van der Waals surface area contributed by atoms with Crippen molar-refractivity contribution in [2.75, 3.05) is 6.54 Å². The van der Waals surface area contributed by atoms with Crippen molar-refractivity contribution < 1.29 is 0 Å². The smallest absolute Gasteiger partial charge is 0.187 e. The van der Waals surface area contributed by atoms with Crippen molar-refractivity contribution in [2.24, 2.45) is 5.10 Å². The number of halogens is 1. The molecule has 0 saturated heterocycles. The lowest BCUT2D eigenvalue weighted by molar-refractivity contribution is 0.942.